The van der Waals surface area contributed by atoms with Gasteiger partial charge in [-0.2, -0.15) is 0 Å². The van der Waals surface area contributed by atoms with Gasteiger partial charge < -0.3 is 14.6 Å². The minimum Gasteiger partial charge on any atom is -0.481 e. The Morgan fingerprint density at radius 1 is 1.62 bits per heavy atom. The van der Waals surface area contributed by atoms with Crippen LogP contribution in [0.1, 0.15) is 5.69 Å². The molecule has 13 heavy (non-hydrogen) atoms. The number of aromatic nitrogens is 1. The van der Waals surface area contributed by atoms with Crippen molar-refractivity contribution < 1.29 is 19.4 Å². The topological polar surface area (TPSA) is 68.7 Å². The maximum atomic E-state index is 10.4. The van der Waals surface area contributed by atoms with Crippen molar-refractivity contribution in [2.24, 2.45) is 0 Å². The highest BCUT2D eigenvalue weighted by atomic mass is 16.7. The molecule has 0 saturated carbocycles. The highest BCUT2D eigenvalue weighted by Gasteiger charge is 2.19. The molecule has 0 spiro atoms. The molecule has 0 radical (unpaired) electrons. The first-order chi connectivity index (χ1) is 6.27. The summed E-state index contributed by atoms with van der Waals surface area (Å²) in [4.78, 5) is 14.3. The summed E-state index contributed by atoms with van der Waals surface area (Å²) in [7, 11) is 0. The second-order valence-electron chi connectivity index (χ2n) is 2.56. The van der Waals surface area contributed by atoms with Crippen LogP contribution in [0.25, 0.3) is 0 Å². The summed E-state index contributed by atoms with van der Waals surface area (Å²) in [5.41, 5.74) is 0.405. The first-order valence-electron chi connectivity index (χ1n) is 3.72. The Morgan fingerprint density at radius 2 is 2.46 bits per heavy atom. The van der Waals surface area contributed by atoms with E-state index in [9.17, 15) is 4.79 Å². The number of carboxylic acid groups (broad SMARTS) is 1. The first kappa shape index (κ1) is 7.85. The second kappa shape index (κ2) is 2.93. The van der Waals surface area contributed by atoms with Crippen molar-refractivity contribution in [2.75, 3.05) is 6.79 Å². The zero-order valence-electron chi connectivity index (χ0n) is 6.69. The predicted octanol–water partition coefficient (Wildman–Crippen LogP) is 0.437. The Hall–Kier alpha value is -1.78. The molecular formula is C8H7NO4. The second-order valence-corrected chi connectivity index (χ2v) is 2.56. The molecule has 0 saturated heterocycles. The molecule has 5 nitrogen and oxygen atoms in total. The van der Waals surface area contributed by atoms with E-state index in [0.29, 0.717) is 17.2 Å². The molecular weight excluding hydrogens is 174 g/mol. The van der Waals surface area contributed by atoms with Crippen LogP contribution >= 0.6 is 0 Å². The van der Waals surface area contributed by atoms with Gasteiger partial charge in [0.2, 0.25) is 6.79 Å². The average molecular weight is 181 g/mol. The summed E-state index contributed by atoms with van der Waals surface area (Å²) < 4.78 is 10.1. The highest BCUT2D eigenvalue weighted by Crippen LogP contribution is 2.33. The zero-order valence-corrected chi connectivity index (χ0v) is 6.69. The molecule has 1 aliphatic heterocycles. The standard InChI is InChI=1S/C8H7NO4/c10-7(11)3-5-8-6(1-2-9-5)12-4-13-8/h1-2H,3-4H2,(H,10,11). The molecule has 1 aromatic rings. The number of aliphatic carboxylic acids is 1. The van der Waals surface area contributed by atoms with Gasteiger partial charge in [0.15, 0.2) is 11.5 Å². The number of rotatable bonds is 2. The third-order valence-electron chi connectivity index (χ3n) is 1.68. The van der Waals surface area contributed by atoms with E-state index in [1.54, 1.807) is 6.07 Å². The van der Waals surface area contributed by atoms with E-state index >= 15 is 0 Å². The lowest BCUT2D eigenvalue weighted by Gasteiger charge is -2.00. The highest BCUT2D eigenvalue weighted by molar-refractivity contribution is 5.71. The van der Waals surface area contributed by atoms with E-state index in [2.05, 4.69) is 4.98 Å². The van der Waals surface area contributed by atoms with Gasteiger partial charge in [-0.25, -0.2) is 0 Å². The third-order valence-corrected chi connectivity index (χ3v) is 1.68. The summed E-state index contributed by atoms with van der Waals surface area (Å²) in [6.45, 7) is 0.133. The van der Waals surface area contributed by atoms with Gasteiger partial charge in [0.25, 0.3) is 0 Å². The summed E-state index contributed by atoms with van der Waals surface area (Å²) in [5.74, 6) is 0.0764. The Labute approximate surface area is 73.9 Å². The molecule has 2 rings (SSSR count). The maximum absolute atomic E-state index is 10.4. The van der Waals surface area contributed by atoms with E-state index < -0.39 is 5.97 Å². The smallest absolute Gasteiger partial charge is 0.309 e. The van der Waals surface area contributed by atoms with Crippen LogP contribution in [0.2, 0.25) is 0 Å². The lowest BCUT2D eigenvalue weighted by atomic mass is 10.2. The van der Waals surface area contributed by atoms with Crippen LogP contribution in [0.3, 0.4) is 0 Å². The van der Waals surface area contributed by atoms with Crippen molar-refractivity contribution >= 4 is 5.97 Å². The molecule has 2 heterocycles. The summed E-state index contributed by atoms with van der Waals surface area (Å²) >= 11 is 0. The number of carboxylic acids is 1. The van der Waals surface area contributed by atoms with Crippen LogP contribution < -0.4 is 9.47 Å². The Balaban J connectivity index is 2.36. The molecule has 1 N–H and O–H groups in total. The summed E-state index contributed by atoms with van der Waals surface area (Å²) in [5, 5.41) is 8.56. The molecule has 0 atom stereocenters. The van der Waals surface area contributed by atoms with Crippen LogP contribution in [-0.2, 0) is 11.2 Å². The number of ether oxygens (including phenoxy) is 2. The first-order valence-corrected chi connectivity index (χ1v) is 3.72. The van der Waals surface area contributed by atoms with Crippen LogP contribution in [-0.4, -0.2) is 22.9 Å². The Kier molecular flexibility index (Phi) is 1.77. The fourth-order valence-electron chi connectivity index (χ4n) is 1.16. The van der Waals surface area contributed by atoms with E-state index in [4.69, 9.17) is 14.6 Å². The lowest BCUT2D eigenvalue weighted by molar-refractivity contribution is -0.136. The summed E-state index contributed by atoms with van der Waals surface area (Å²) in [6, 6.07) is 1.65. The molecule has 0 bridgehead atoms. The average Bonchev–Trinajstić information content (AvgIpc) is 2.51. The largest absolute Gasteiger partial charge is 0.481 e. The molecule has 0 fully saturated rings. The molecule has 0 unspecified atom stereocenters. The number of fused-ring (bicyclic) bond motifs is 1. The van der Waals surface area contributed by atoms with Crippen molar-refractivity contribution in [3.05, 3.63) is 18.0 Å². The molecule has 5 heteroatoms. The van der Waals surface area contributed by atoms with Gasteiger partial charge in [-0.3, -0.25) is 9.78 Å². The maximum Gasteiger partial charge on any atom is 0.309 e. The van der Waals surface area contributed by atoms with Crippen LogP contribution in [0.5, 0.6) is 11.5 Å². The number of nitrogens with zero attached hydrogens (tertiary/aromatic N) is 1. The molecule has 1 aromatic heterocycles. The lowest BCUT2D eigenvalue weighted by Crippen LogP contribution is -2.03. The van der Waals surface area contributed by atoms with Crippen molar-refractivity contribution in [3.8, 4) is 11.5 Å². The molecule has 0 amide bonds. The van der Waals surface area contributed by atoms with E-state index in [1.807, 2.05) is 0 Å². The Bertz CT molecular complexity index is 350. The van der Waals surface area contributed by atoms with E-state index in [0.717, 1.165) is 0 Å². The van der Waals surface area contributed by atoms with Crippen molar-refractivity contribution in [1.29, 1.82) is 0 Å². The van der Waals surface area contributed by atoms with Crippen molar-refractivity contribution in [3.63, 3.8) is 0 Å². The zero-order chi connectivity index (χ0) is 9.26. The van der Waals surface area contributed by atoms with Gasteiger partial charge in [-0.15, -0.1) is 0 Å². The van der Waals surface area contributed by atoms with Crippen LogP contribution in [0, 0.1) is 0 Å². The minimum absolute atomic E-state index is 0.133. The number of pyridine rings is 1. The fourth-order valence-corrected chi connectivity index (χ4v) is 1.16. The third kappa shape index (κ3) is 1.40. The van der Waals surface area contributed by atoms with Gasteiger partial charge in [0.1, 0.15) is 0 Å². The molecule has 68 valence electrons. The predicted molar refractivity (Wildman–Crippen MR) is 41.7 cm³/mol. The van der Waals surface area contributed by atoms with Gasteiger partial charge in [0, 0.05) is 12.3 Å². The number of hydrogen-bond acceptors (Lipinski definition) is 4. The molecule has 0 aliphatic carbocycles. The monoisotopic (exact) mass is 181 g/mol. The van der Waals surface area contributed by atoms with Gasteiger partial charge in [0.05, 0.1) is 12.1 Å². The Morgan fingerprint density at radius 3 is 3.23 bits per heavy atom. The van der Waals surface area contributed by atoms with Gasteiger partial charge >= 0.3 is 5.97 Å². The van der Waals surface area contributed by atoms with E-state index in [1.165, 1.54) is 6.20 Å². The van der Waals surface area contributed by atoms with Gasteiger partial charge in [-0.05, 0) is 0 Å². The fraction of sp³-hybridized carbons (Fsp3) is 0.250. The van der Waals surface area contributed by atoms with Crippen LogP contribution in [0.15, 0.2) is 12.3 Å². The van der Waals surface area contributed by atoms with Crippen molar-refractivity contribution in [1.82, 2.24) is 4.98 Å². The SMILES string of the molecule is O=C(O)Cc1nccc2c1OCO2. The summed E-state index contributed by atoms with van der Waals surface area (Å²) in [6.07, 6.45) is 1.36. The van der Waals surface area contributed by atoms with E-state index in [-0.39, 0.29) is 13.2 Å². The molecule has 1 aliphatic rings. The number of hydrogen-bond donors (Lipinski definition) is 1. The normalized spacial score (nSPS) is 12.9. The quantitative estimate of drug-likeness (QED) is 0.716. The molecule has 0 aromatic carbocycles. The van der Waals surface area contributed by atoms with Crippen molar-refractivity contribution in [2.45, 2.75) is 6.42 Å². The minimum atomic E-state index is -0.934. The van der Waals surface area contributed by atoms with Gasteiger partial charge in [-0.1, -0.05) is 0 Å². The number of carbonyl (C=O) groups is 1. The van der Waals surface area contributed by atoms with Crippen LogP contribution in [0.4, 0.5) is 0 Å².